The van der Waals surface area contributed by atoms with Gasteiger partial charge in [-0.15, -0.1) is 0 Å². The Bertz CT molecular complexity index is 572. The van der Waals surface area contributed by atoms with Crippen LogP contribution in [0.15, 0.2) is 45.9 Å². The molecule has 0 radical (unpaired) electrons. The molecule has 2 heterocycles. The first-order chi connectivity index (χ1) is 8.72. The molecule has 0 fully saturated rings. The Balaban J connectivity index is 2.21. The number of hydrogen-bond acceptors (Lipinski definition) is 3. The molecule has 1 amide bonds. The third kappa shape index (κ3) is 2.51. The van der Waals surface area contributed by atoms with Crippen LogP contribution >= 0.6 is 0 Å². The number of furan rings is 1. The van der Waals surface area contributed by atoms with Crippen LogP contribution in [0, 0.1) is 0 Å². The summed E-state index contributed by atoms with van der Waals surface area (Å²) in [6.45, 7) is 2.72. The van der Waals surface area contributed by atoms with Gasteiger partial charge in [0.15, 0.2) is 0 Å². The largest absolute Gasteiger partial charge is 0.467 e. The van der Waals surface area contributed by atoms with Gasteiger partial charge in [-0.05, 0) is 31.2 Å². The highest BCUT2D eigenvalue weighted by atomic mass is 16.3. The minimum Gasteiger partial charge on any atom is -0.467 e. The molecule has 0 aromatic carbocycles. The Morgan fingerprint density at radius 1 is 1.39 bits per heavy atom. The Hall–Kier alpha value is -2.30. The summed E-state index contributed by atoms with van der Waals surface area (Å²) < 4.78 is 5.20. The minimum atomic E-state index is -0.375. The van der Waals surface area contributed by atoms with Crippen LogP contribution in [0.3, 0.4) is 0 Å². The number of aromatic nitrogens is 1. The first-order valence-corrected chi connectivity index (χ1v) is 5.71. The van der Waals surface area contributed by atoms with Crippen LogP contribution < -0.4 is 5.56 Å². The lowest BCUT2D eigenvalue weighted by Crippen LogP contribution is -2.34. The lowest BCUT2D eigenvalue weighted by Gasteiger charge is -2.19. The molecule has 0 saturated heterocycles. The Morgan fingerprint density at radius 3 is 2.83 bits per heavy atom. The van der Waals surface area contributed by atoms with Gasteiger partial charge in [0, 0.05) is 12.7 Å². The van der Waals surface area contributed by atoms with Gasteiger partial charge in [-0.3, -0.25) is 9.59 Å². The van der Waals surface area contributed by atoms with E-state index in [-0.39, 0.29) is 17.0 Å². The van der Waals surface area contributed by atoms with E-state index in [0.717, 1.165) is 0 Å². The highest BCUT2D eigenvalue weighted by molar-refractivity contribution is 5.93. The van der Waals surface area contributed by atoms with Crippen molar-refractivity contribution in [3.63, 3.8) is 0 Å². The molecule has 5 heteroatoms. The van der Waals surface area contributed by atoms with E-state index in [1.54, 1.807) is 29.4 Å². The van der Waals surface area contributed by atoms with Gasteiger partial charge >= 0.3 is 0 Å². The fourth-order valence-corrected chi connectivity index (χ4v) is 1.68. The van der Waals surface area contributed by atoms with Crippen LogP contribution in [-0.4, -0.2) is 22.3 Å². The molecule has 0 atom stereocenters. The molecule has 18 heavy (non-hydrogen) atoms. The normalized spacial score (nSPS) is 10.3. The molecule has 0 bridgehead atoms. The van der Waals surface area contributed by atoms with Gasteiger partial charge < -0.3 is 14.3 Å². The Morgan fingerprint density at radius 2 is 2.22 bits per heavy atom. The number of carbonyl (C=O) groups excluding carboxylic acids is 1. The van der Waals surface area contributed by atoms with E-state index >= 15 is 0 Å². The maximum atomic E-state index is 12.2. The van der Waals surface area contributed by atoms with Gasteiger partial charge in [-0.1, -0.05) is 0 Å². The second-order valence-corrected chi connectivity index (χ2v) is 3.81. The predicted molar refractivity (Wildman–Crippen MR) is 66.2 cm³/mol. The van der Waals surface area contributed by atoms with Crippen molar-refractivity contribution in [1.29, 1.82) is 0 Å². The second-order valence-electron chi connectivity index (χ2n) is 3.81. The molecule has 0 unspecified atom stereocenters. The third-order valence-electron chi connectivity index (χ3n) is 2.64. The molecule has 0 spiro atoms. The lowest BCUT2D eigenvalue weighted by molar-refractivity contribution is 0.0739. The van der Waals surface area contributed by atoms with E-state index in [1.165, 1.54) is 12.3 Å². The van der Waals surface area contributed by atoms with Crippen molar-refractivity contribution in [3.8, 4) is 0 Å². The Kier molecular flexibility index (Phi) is 3.62. The summed E-state index contributed by atoms with van der Waals surface area (Å²) in [5.41, 5.74) is -0.230. The van der Waals surface area contributed by atoms with E-state index < -0.39 is 0 Å². The van der Waals surface area contributed by atoms with Crippen LogP contribution in [0.2, 0.25) is 0 Å². The zero-order valence-electron chi connectivity index (χ0n) is 10.1. The van der Waals surface area contributed by atoms with Crippen LogP contribution in [0.1, 0.15) is 23.0 Å². The van der Waals surface area contributed by atoms with Crippen molar-refractivity contribution in [2.24, 2.45) is 0 Å². The first kappa shape index (κ1) is 12.2. The summed E-state index contributed by atoms with van der Waals surface area (Å²) >= 11 is 0. The van der Waals surface area contributed by atoms with E-state index in [1.807, 2.05) is 6.92 Å². The van der Waals surface area contributed by atoms with E-state index in [9.17, 15) is 9.59 Å². The number of nitrogens with one attached hydrogen (secondary N) is 1. The molecule has 1 N–H and O–H groups in total. The van der Waals surface area contributed by atoms with Crippen molar-refractivity contribution >= 4 is 5.91 Å². The number of amides is 1. The van der Waals surface area contributed by atoms with Crippen LogP contribution in [0.25, 0.3) is 0 Å². The maximum absolute atomic E-state index is 12.2. The number of nitrogens with zero attached hydrogens (tertiary/aromatic N) is 1. The van der Waals surface area contributed by atoms with Crippen molar-refractivity contribution in [1.82, 2.24) is 9.88 Å². The third-order valence-corrected chi connectivity index (χ3v) is 2.64. The summed E-state index contributed by atoms with van der Waals surface area (Å²) in [5, 5.41) is 0. The number of aromatic amines is 1. The van der Waals surface area contributed by atoms with Gasteiger partial charge in [-0.2, -0.15) is 0 Å². The molecule has 94 valence electrons. The topological polar surface area (TPSA) is 66.3 Å². The molecule has 2 rings (SSSR count). The summed E-state index contributed by atoms with van der Waals surface area (Å²) in [5.74, 6) is 0.397. The number of pyridine rings is 1. The van der Waals surface area contributed by atoms with Crippen molar-refractivity contribution in [2.45, 2.75) is 13.5 Å². The highest BCUT2D eigenvalue weighted by Gasteiger charge is 2.17. The van der Waals surface area contributed by atoms with Crippen molar-refractivity contribution < 1.29 is 9.21 Å². The summed E-state index contributed by atoms with van der Waals surface area (Å²) in [4.78, 5) is 27.8. The van der Waals surface area contributed by atoms with Crippen LogP contribution in [0.5, 0.6) is 0 Å². The SMILES string of the molecule is CCN(Cc1ccco1)C(=O)c1ccc[nH]c1=O. The molecule has 0 saturated carbocycles. The summed E-state index contributed by atoms with van der Waals surface area (Å²) in [6.07, 6.45) is 3.06. The van der Waals surface area contributed by atoms with Crippen LogP contribution in [0.4, 0.5) is 0 Å². The quantitative estimate of drug-likeness (QED) is 0.891. The lowest BCUT2D eigenvalue weighted by atomic mass is 10.2. The zero-order chi connectivity index (χ0) is 13.0. The number of H-pyrrole nitrogens is 1. The molecule has 0 aliphatic heterocycles. The van der Waals surface area contributed by atoms with Crippen molar-refractivity contribution in [3.05, 3.63) is 58.4 Å². The smallest absolute Gasteiger partial charge is 0.260 e. The maximum Gasteiger partial charge on any atom is 0.260 e. The van der Waals surface area contributed by atoms with Gasteiger partial charge in [0.2, 0.25) is 0 Å². The fraction of sp³-hybridized carbons (Fsp3) is 0.231. The first-order valence-electron chi connectivity index (χ1n) is 5.71. The summed E-state index contributed by atoms with van der Waals surface area (Å²) in [6, 6.07) is 6.72. The highest BCUT2D eigenvalue weighted by Crippen LogP contribution is 2.08. The van der Waals surface area contributed by atoms with E-state index in [0.29, 0.717) is 18.8 Å². The number of rotatable bonds is 4. The number of hydrogen-bond donors (Lipinski definition) is 1. The van der Waals surface area contributed by atoms with E-state index in [2.05, 4.69) is 4.98 Å². The molecule has 0 aliphatic rings. The number of carbonyl (C=O) groups is 1. The van der Waals surface area contributed by atoms with Gasteiger partial charge in [0.1, 0.15) is 11.3 Å². The van der Waals surface area contributed by atoms with Gasteiger partial charge in [0.05, 0.1) is 12.8 Å². The molecular weight excluding hydrogens is 232 g/mol. The Labute approximate surface area is 104 Å². The standard InChI is InChI=1S/C13H14N2O3/c1-2-15(9-10-5-4-8-18-10)13(17)11-6-3-7-14-12(11)16/h3-8H,2,9H2,1H3,(H,14,16). The van der Waals surface area contributed by atoms with Gasteiger partial charge in [-0.25, -0.2) is 0 Å². The predicted octanol–water partition coefficient (Wildman–Crippen LogP) is 1.63. The molecule has 0 aliphatic carbocycles. The molecule has 2 aromatic rings. The second kappa shape index (κ2) is 5.35. The minimum absolute atomic E-state index is 0.144. The van der Waals surface area contributed by atoms with E-state index in [4.69, 9.17) is 4.42 Å². The summed E-state index contributed by atoms with van der Waals surface area (Å²) in [7, 11) is 0. The monoisotopic (exact) mass is 246 g/mol. The van der Waals surface area contributed by atoms with Crippen LogP contribution in [-0.2, 0) is 6.54 Å². The van der Waals surface area contributed by atoms with Crippen molar-refractivity contribution in [2.75, 3.05) is 6.54 Å². The molecular formula is C13H14N2O3. The van der Waals surface area contributed by atoms with Gasteiger partial charge in [0.25, 0.3) is 11.5 Å². The average Bonchev–Trinajstić information content (AvgIpc) is 2.88. The zero-order valence-corrected chi connectivity index (χ0v) is 10.1. The fourth-order valence-electron chi connectivity index (χ4n) is 1.68. The molecule has 2 aromatic heterocycles. The molecule has 5 nitrogen and oxygen atoms in total. The average molecular weight is 246 g/mol.